The number of benzene rings is 1. The Morgan fingerprint density at radius 2 is 2.04 bits per heavy atom. The van der Waals surface area contributed by atoms with E-state index < -0.39 is 0 Å². The van der Waals surface area contributed by atoms with Crippen LogP contribution in [0.3, 0.4) is 0 Å². The van der Waals surface area contributed by atoms with Crippen LogP contribution in [-0.2, 0) is 16.1 Å². The van der Waals surface area contributed by atoms with Crippen LogP contribution < -0.4 is 10.6 Å². The van der Waals surface area contributed by atoms with Gasteiger partial charge in [0, 0.05) is 24.9 Å². The van der Waals surface area contributed by atoms with Gasteiger partial charge >= 0.3 is 0 Å². The van der Waals surface area contributed by atoms with Gasteiger partial charge < -0.3 is 15.2 Å². The van der Waals surface area contributed by atoms with Crippen molar-refractivity contribution in [1.82, 2.24) is 20.2 Å². The summed E-state index contributed by atoms with van der Waals surface area (Å²) in [6, 6.07) is 11.6. The van der Waals surface area contributed by atoms with Crippen molar-refractivity contribution in [2.45, 2.75) is 39.3 Å². The first kappa shape index (κ1) is 19.1. The van der Waals surface area contributed by atoms with Crippen LogP contribution in [0.15, 0.2) is 41.8 Å². The molecule has 1 aromatic carbocycles. The largest absolute Gasteiger partial charge is 0.356 e. The number of nitrogens with zero attached hydrogens (tertiary/aromatic N) is 2. The zero-order chi connectivity index (χ0) is 19.2. The van der Waals surface area contributed by atoms with Gasteiger partial charge in [0.15, 0.2) is 0 Å². The van der Waals surface area contributed by atoms with E-state index in [0.29, 0.717) is 6.54 Å². The van der Waals surface area contributed by atoms with Crippen molar-refractivity contribution in [1.29, 1.82) is 0 Å². The molecular formula is C20H24N4O2S. The molecule has 0 spiro atoms. The summed E-state index contributed by atoms with van der Waals surface area (Å²) in [7, 11) is 0. The monoisotopic (exact) mass is 384 g/mol. The Hall–Kier alpha value is -2.67. The van der Waals surface area contributed by atoms with Crippen LogP contribution >= 0.6 is 11.3 Å². The molecule has 27 heavy (non-hydrogen) atoms. The average Bonchev–Trinajstić information content (AvgIpc) is 3.26. The minimum atomic E-state index is -0.276. The van der Waals surface area contributed by atoms with E-state index in [9.17, 15) is 9.59 Å². The van der Waals surface area contributed by atoms with E-state index in [4.69, 9.17) is 0 Å². The summed E-state index contributed by atoms with van der Waals surface area (Å²) in [6.45, 7) is 4.85. The first-order valence-corrected chi connectivity index (χ1v) is 9.91. The summed E-state index contributed by atoms with van der Waals surface area (Å²) in [4.78, 5) is 29.3. The number of nitrogens with one attached hydrogen (secondary N) is 2. The molecule has 2 amide bonds. The third kappa shape index (κ3) is 4.95. The normalized spacial score (nSPS) is 12.1. The maximum absolute atomic E-state index is 12.3. The number of amides is 2. The van der Waals surface area contributed by atoms with E-state index in [-0.39, 0.29) is 24.3 Å². The van der Waals surface area contributed by atoms with Crippen LogP contribution in [0, 0.1) is 6.92 Å². The number of hydrogen-bond donors (Lipinski definition) is 2. The van der Waals surface area contributed by atoms with Crippen molar-refractivity contribution in [3.63, 3.8) is 0 Å². The van der Waals surface area contributed by atoms with Gasteiger partial charge in [-0.05, 0) is 36.9 Å². The van der Waals surface area contributed by atoms with Crippen molar-refractivity contribution in [2.75, 3.05) is 6.54 Å². The van der Waals surface area contributed by atoms with Crippen molar-refractivity contribution in [3.05, 3.63) is 52.5 Å². The summed E-state index contributed by atoms with van der Waals surface area (Å²) in [5.41, 5.74) is 2.11. The van der Waals surface area contributed by atoms with Gasteiger partial charge in [-0.25, -0.2) is 4.98 Å². The molecule has 0 aliphatic heterocycles. The standard InChI is InChI=1S/C20H24N4O2S/c1-14-22-16-7-3-4-8-18(16)24(14)11-6-10-21-20(26)13-17(23-15(2)25)19-9-5-12-27-19/h3-5,7-9,12,17H,6,10-11,13H2,1-2H3,(H,21,26)(H,23,25). The highest BCUT2D eigenvalue weighted by atomic mass is 32.1. The van der Waals surface area contributed by atoms with E-state index in [0.717, 1.165) is 34.7 Å². The molecule has 0 fully saturated rings. The summed E-state index contributed by atoms with van der Waals surface area (Å²) in [5.74, 6) is 0.781. The molecule has 0 saturated carbocycles. The lowest BCUT2D eigenvalue weighted by molar-refractivity contribution is -0.122. The lowest BCUT2D eigenvalue weighted by Gasteiger charge is -2.16. The highest BCUT2D eigenvalue weighted by molar-refractivity contribution is 7.10. The third-order valence-corrected chi connectivity index (χ3v) is 5.37. The lowest BCUT2D eigenvalue weighted by Crippen LogP contribution is -2.32. The van der Waals surface area contributed by atoms with Gasteiger partial charge in [-0.2, -0.15) is 0 Å². The number of rotatable bonds is 8. The van der Waals surface area contributed by atoms with Crippen LogP contribution in [0.1, 0.15) is 36.5 Å². The number of aromatic nitrogens is 2. The first-order valence-electron chi connectivity index (χ1n) is 9.03. The quantitative estimate of drug-likeness (QED) is 0.586. The number of carbonyl (C=O) groups excluding carboxylic acids is 2. The van der Waals surface area contributed by atoms with E-state index in [1.165, 1.54) is 18.3 Å². The Morgan fingerprint density at radius 1 is 1.22 bits per heavy atom. The molecule has 2 N–H and O–H groups in total. The third-order valence-electron chi connectivity index (χ3n) is 4.38. The first-order chi connectivity index (χ1) is 13.0. The highest BCUT2D eigenvalue weighted by Crippen LogP contribution is 2.22. The molecule has 2 aromatic heterocycles. The Balaban J connectivity index is 1.50. The molecule has 0 radical (unpaired) electrons. The molecule has 3 aromatic rings. The number of hydrogen-bond acceptors (Lipinski definition) is 4. The van der Waals surface area contributed by atoms with E-state index >= 15 is 0 Å². The van der Waals surface area contributed by atoms with Gasteiger partial charge in [0.1, 0.15) is 5.82 Å². The number of aryl methyl sites for hydroxylation is 2. The van der Waals surface area contributed by atoms with Crippen molar-refractivity contribution < 1.29 is 9.59 Å². The lowest BCUT2D eigenvalue weighted by atomic mass is 10.1. The highest BCUT2D eigenvalue weighted by Gasteiger charge is 2.17. The maximum atomic E-state index is 12.3. The number of thiophene rings is 1. The molecule has 7 heteroatoms. The van der Waals surface area contributed by atoms with Gasteiger partial charge in [-0.15, -0.1) is 11.3 Å². The molecule has 1 atom stereocenters. The minimum Gasteiger partial charge on any atom is -0.356 e. The zero-order valence-electron chi connectivity index (χ0n) is 15.6. The van der Waals surface area contributed by atoms with Crippen molar-refractivity contribution in [3.8, 4) is 0 Å². The second-order valence-electron chi connectivity index (χ2n) is 6.48. The molecule has 3 rings (SSSR count). The topological polar surface area (TPSA) is 76.0 Å². The summed E-state index contributed by atoms with van der Waals surface area (Å²) >= 11 is 1.54. The van der Waals surface area contributed by atoms with Crippen molar-refractivity contribution in [2.24, 2.45) is 0 Å². The summed E-state index contributed by atoms with van der Waals surface area (Å²) in [6.07, 6.45) is 1.06. The van der Waals surface area contributed by atoms with E-state index in [1.807, 2.05) is 42.6 Å². The fourth-order valence-corrected chi connectivity index (χ4v) is 3.94. The second-order valence-corrected chi connectivity index (χ2v) is 7.45. The predicted octanol–water partition coefficient (Wildman–Crippen LogP) is 3.18. The summed E-state index contributed by atoms with van der Waals surface area (Å²) in [5, 5.41) is 7.76. The minimum absolute atomic E-state index is 0.0608. The molecule has 0 bridgehead atoms. The Labute approximate surface area is 162 Å². The Morgan fingerprint density at radius 3 is 2.78 bits per heavy atom. The van der Waals surface area contributed by atoms with E-state index in [2.05, 4.69) is 26.3 Å². The van der Waals surface area contributed by atoms with Gasteiger partial charge in [-0.3, -0.25) is 9.59 Å². The molecule has 142 valence electrons. The fraction of sp³-hybridized carbons (Fsp3) is 0.350. The fourth-order valence-electron chi connectivity index (χ4n) is 3.16. The zero-order valence-corrected chi connectivity index (χ0v) is 16.4. The maximum Gasteiger partial charge on any atom is 0.222 e. The SMILES string of the molecule is CC(=O)NC(CC(=O)NCCCn1c(C)nc2ccccc21)c1cccs1. The Kier molecular flexibility index (Phi) is 6.24. The predicted molar refractivity (Wildman–Crippen MR) is 108 cm³/mol. The Bertz CT molecular complexity index is 917. The number of imidazole rings is 1. The van der Waals surface area contributed by atoms with Crippen LogP contribution in [0.25, 0.3) is 11.0 Å². The second kappa shape index (κ2) is 8.81. The smallest absolute Gasteiger partial charge is 0.222 e. The average molecular weight is 385 g/mol. The molecule has 2 heterocycles. The number of para-hydroxylation sites is 2. The number of carbonyl (C=O) groups is 2. The summed E-state index contributed by atoms with van der Waals surface area (Å²) < 4.78 is 2.17. The van der Waals surface area contributed by atoms with Crippen LogP contribution in [0.2, 0.25) is 0 Å². The number of fused-ring (bicyclic) bond motifs is 1. The van der Waals surface area contributed by atoms with Crippen LogP contribution in [0.4, 0.5) is 0 Å². The molecule has 0 aliphatic carbocycles. The molecule has 1 unspecified atom stereocenters. The van der Waals surface area contributed by atoms with E-state index in [1.54, 1.807) is 0 Å². The van der Waals surface area contributed by atoms with Crippen molar-refractivity contribution >= 4 is 34.2 Å². The molecular weight excluding hydrogens is 360 g/mol. The van der Waals surface area contributed by atoms with Gasteiger partial charge in [0.2, 0.25) is 11.8 Å². The van der Waals surface area contributed by atoms with Gasteiger partial charge in [0.05, 0.1) is 23.5 Å². The van der Waals surface area contributed by atoms with Crippen LogP contribution in [-0.4, -0.2) is 27.9 Å². The molecule has 0 aliphatic rings. The van der Waals surface area contributed by atoms with Gasteiger partial charge in [-0.1, -0.05) is 18.2 Å². The van der Waals surface area contributed by atoms with Gasteiger partial charge in [0.25, 0.3) is 0 Å². The van der Waals surface area contributed by atoms with Crippen LogP contribution in [0.5, 0.6) is 0 Å². The molecule has 6 nitrogen and oxygen atoms in total. The molecule has 0 saturated heterocycles.